The van der Waals surface area contributed by atoms with Gasteiger partial charge in [-0.2, -0.15) is 0 Å². The second kappa shape index (κ2) is 7.76. The maximum Gasteiger partial charge on any atom is 0.251 e. The third kappa shape index (κ3) is 6.10. The van der Waals surface area contributed by atoms with E-state index >= 15 is 0 Å². The van der Waals surface area contributed by atoms with E-state index in [1.807, 2.05) is 26.8 Å². The highest BCUT2D eigenvalue weighted by Gasteiger charge is 2.20. The number of likely N-dealkylation sites (N-methyl/N-ethyl adjacent to an activating group) is 1. The van der Waals surface area contributed by atoms with Crippen molar-refractivity contribution in [2.75, 3.05) is 20.6 Å². The van der Waals surface area contributed by atoms with Gasteiger partial charge >= 0.3 is 0 Å². The summed E-state index contributed by atoms with van der Waals surface area (Å²) in [5.74, 6) is -0.542. The quantitative estimate of drug-likeness (QED) is 0.855. The average molecular weight is 319 g/mol. The van der Waals surface area contributed by atoms with Crippen molar-refractivity contribution in [1.29, 1.82) is 0 Å². The van der Waals surface area contributed by atoms with Gasteiger partial charge in [0.15, 0.2) is 0 Å². The monoisotopic (exact) mass is 319 g/mol. The third-order valence-electron chi connectivity index (χ3n) is 3.22. The minimum atomic E-state index is -0.457. The van der Waals surface area contributed by atoms with E-state index < -0.39 is 5.41 Å². The molecule has 2 N–H and O–H groups in total. The zero-order valence-electron chi connectivity index (χ0n) is 14.4. The number of hydrogen-bond donors (Lipinski definition) is 2. The van der Waals surface area contributed by atoms with Crippen LogP contribution < -0.4 is 10.6 Å². The largest absolute Gasteiger partial charge is 0.352 e. The Hall–Kier alpha value is -2.37. The van der Waals surface area contributed by atoms with Crippen LogP contribution in [0.2, 0.25) is 0 Å². The van der Waals surface area contributed by atoms with Crippen LogP contribution in [0.4, 0.5) is 0 Å². The molecule has 0 spiro atoms. The van der Waals surface area contributed by atoms with Crippen LogP contribution in [0.5, 0.6) is 0 Å². The van der Waals surface area contributed by atoms with Crippen molar-refractivity contribution in [3.63, 3.8) is 0 Å². The van der Waals surface area contributed by atoms with Crippen LogP contribution in [0.25, 0.3) is 0 Å². The zero-order chi connectivity index (χ0) is 17.6. The Kier molecular flexibility index (Phi) is 6.30. The van der Waals surface area contributed by atoms with E-state index in [1.54, 1.807) is 32.3 Å². The van der Waals surface area contributed by atoms with Gasteiger partial charge in [0.05, 0.1) is 6.54 Å². The van der Waals surface area contributed by atoms with Crippen LogP contribution in [0.15, 0.2) is 24.3 Å². The van der Waals surface area contributed by atoms with E-state index in [2.05, 4.69) is 10.6 Å². The molecular weight excluding hydrogens is 294 g/mol. The predicted molar refractivity (Wildman–Crippen MR) is 88.8 cm³/mol. The summed E-state index contributed by atoms with van der Waals surface area (Å²) in [6.07, 6.45) is 0. The first-order chi connectivity index (χ1) is 10.6. The Labute approximate surface area is 137 Å². The molecule has 0 aliphatic carbocycles. The molecule has 1 aromatic carbocycles. The normalized spacial score (nSPS) is 10.8. The number of carbonyl (C=O) groups is 3. The maximum absolute atomic E-state index is 12.1. The number of carbonyl (C=O) groups excluding carboxylic acids is 3. The summed E-state index contributed by atoms with van der Waals surface area (Å²) in [5, 5.41) is 5.42. The Morgan fingerprint density at radius 1 is 1.09 bits per heavy atom. The van der Waals surface area contributed by atoms with Crippen molar-refractivity contribution in [1.82, 2.24) is 15.5 Å². The number of nitrogens with zero attached hydrogens (tertiary/aromatic N) is 1. The van der Waals surface area contributed by atoms with Crippen LogP contribution >= 0.6 is 0 Å². The molecule has 0 fully saturated rings. The molecule has 0 atom stereocenters. The van der Waals surface area contributed by atoms with Crippen molar-refractivity contribution in [3.8, 4) is 0 Å². The smallest absolute Gasteiger partial charge is 0.251 e. The zero-order valence-corrected chi connectivity index (χ0v) is 14.4. The van der Waals surface area contributed by atoms with E-state index in [-0.39, 0.29) is 24.3 Å². The first-order valence-corrected chi connectivity index (χ1v) is 7.47. The first-order valence-electron chi connectivity index (χ1n) is 7.47. The van der Waals surface area contributed by atoms with E-state index in [4.69, 9.17) is 0 Å². The highest BCUT2D eigenvalue weighted by molar-refractivity contribution is 5.96. The molecule has 0 aliphatic rings. The van der Waals surface area contributed by atoms with Crippen molar-refractivity contribution >= 4 is 17.7 Å². The molecule has 0 unspecified atom stereocenters. The van der Waals surface area contributed by atoms with Gasteiger partial charge in [0.1, 0.15) is 0 Å². The van der Waals surface area contributed by atoms with Gasteiger partial charge in [-0.1, -0.05) is 32.9 Å². The lowest BCUT2D eigenvalue weighted by atomic mass is 9.95. The molecule has 126 valence electrons. The SMILES string of the molecule is CN(C)C(=O)CNC(=O)c1cccc(CNC(=O)C(C)(C)C)c1. The molecule has 0 radical (unpaired) electrons. The topological polar surface area (TPSA) is 78.5 Å². The van der Waals surface area contributed by atoms with Crippen LogP contribution in [0.1, 0.15) is 36.7 Å². The Morgan fingerprint density at radius 2 is 1.74 bits per heavy atom. The first kappa shape index (κ1) is 18.7. The fourth-order valence-electron chi connectivity index (χ4n) is 1.69. The predicted octanol–water partition coefficient (Wildman–Crippen LogP) is 1.17. The molecule has 6 heteroatoms. The van der Waals surface area contributed by atoms with Crippen LogP contribution in [0.3, 0.4) is 0 Å². The summed E-state index contributed by atoms with van der Waals surface area (Å²) < 4.78 is 0. The van der Waals surface area contributed by atoms with Gasteiger partial charge in [0.2, 0.25) is 11.8 Å². The molecule has 0 aromatic heterocycles. The average Bonchev–Trinajstić information content (AvgIpc) is 2.48. The molecule has 0 heterocycles. The fourth-order valence-corrected chi connectivity index (χ4v) is 1.69. The van der Waals surface area contributed by atoms with Crippen LogP contribution in [0, 0.1) is 5.41 Å². The van der Waals surface area contributed by atoms with Crippen molar-refractivity contribution in [2.24, 2.45) is 5.41 Å². The highest BCUT2D eigenvalue weighted by Crippen LogP contribution is 2.13. The third-order valence-corrected chi connectivity index (χ3v) is 3.22. The molecule has 23 heavy (non-hydrogen) atoms. The lowest BCUT2D eigenvalue weighted by Gasteiger charge is -2.17. The summed E-state index contributed by atoms with van der Waals surface area (Å²) in [6, 6.07) is 6.97. The summed E-state index contributed by atoms with van der Waals surface area (Å²) >= 11 is 0. The Bertz CT molecular complexity index is 589. The van der Waals surface area contributed by atoms with Gasteiger partial charge in [-0.05, 0) is 17.7 Å². The maximum atomic E-state index is 12.1. The molecule has 0 saturated heterocycles. The molecule has 1 aromatic rings. The lowest BCUT2D eigenvalue weighted by molar-refractivity contribution is -0.129. The van der Waals surface area contributed by atoms with Crippen LogP contribution in [-0.4, -0.2) is 43.3 Å². The van der Waals surface area contributed by atoms with Gasteiger partial charge in [-0.15, -0.1) is 0 Å². The molecule has 0 aliphatic heterocycles. The van der Waals surface area contributed by atoms with E-state index in [0.717, 1.165) is 5.56 Å². The van der Waals surface area contributed by atoms with Crippen LogP contribution in [-0.2, 0) is 16.1 Å². The van der Waals surface area contributed by atoms with Gasteiger partial charge < -0.3 is 15.5 Å². The minimum absolute atomic E-state index is 0.0448. The number of benzene rings is 1. The summed E-state index contributed by atoms with van der Waals surface area (Å²) in [6.45, 7) is 5.83. The molecule has 6 nitrogen and oxygen atoms in total. The highest BCUT2D eigenvalue weighted by atomic mass is 16.2. The lowest BCUT2D eigenvalue weighted by Crippen LogP contribution is -2.36. The van der Waals surface area contributed by atoms with Crippen molar-refractivity contribution in [2.45, 2.75) is 27.3 Å². The van der Waals surface area contributed by atoms with Gasteiger partial charge in [0.25, 0.3) is 5.91 Å². The van der Waals surface area contributed by atoms with Gasteiger partial charge in [-0.3, -0.25) is 14.4 Å². The molecule has 3 amide bonds. The standard InChI is InChI=1S/C17H25N3O3/c1-17(2,3)16(23)19-10-12-7-6-8-13(9-12)15(22)18-11-14(21)20(4)5/h6-9H,10-11H2,1-5H3,(H,18,22)(H,19,23). The molecule has 1 rings (SSSR count). The second-order valence-corrected chi connectivity index (χ2v) is 6.60. The van der Waals surface area contributed by atoms with E-state index in [0.29, 0.717) is 12.1 Å². The fraction of sp³-hybridized carbons (Fsp3) is 0.471. The Balaban J connectivity index is 2.64. The number of amides is 3. The summed E-state index contributed by atoms with van der Waals surface area (Å²) in [5.41, 5.74) is 0.829. The van der Waals surface area contributed by atoms with Gasteiger partial charge in [-0.25, -0.2) is 0 Å². The second-order valence-electron chi connectivity index (χ2n) is 6.60. The molecule has 0 bridgehead atoms. The number of nitrogens with one attached hydrogen (secondary N) is 2. The minimum Gasteiger partial charge on any atom is -0.352 e. The number of rotatable bonds is 5. The molecule has 0 saturated carbocycles. The summed E-state index contributed by atoms with van der Waals surface area (Å²) in [7, 11) is 3.26. The Morgan fingerprint density at radius 3 is 2.30 bits per heavy atom. The van der Waals surface area contributed by atoms with Gasteiger partial charge in [0, 0.05) is 31.6 Å². The number of hydrogen-bond acceptors (Lipinski definition) is 3. The molecular formula is C17H25N3O3. The van der Waals surface area contributed by atoms with Crippen molar-refractivity contribution < 1.29 is 14.4 Å². The van der Waals surface area contributed by atoms with E-state index in [9.17, 15) is 14.4 Å². The van der Waals surface area contributed by atoms with Crippen molar-refractivity contribution in [3.05, 3.63) is 35.4 Å². The van der Waals surface area contributed by atoms with E-state index in [1.165, 1.54) is 4.90 Å². The summed E-state index contributed by atoms with van der Waals surface area (Å²) in [4.78, 5) is 36.8.